The molecule has 3 nitrogen and oxygen atoms in total. The molecule has 0 unspecified atom stereocenters. The predicted molar refractivity (Wildman–Crippen MR) is 52.8 cm³/mol. The van der Waals surface area contributed by atoms with E-state index in [1.165, 1.54) is 13.3 Å². The van der Waals surface area contributed by atoms with Crippen LogP contribution in [0.1, 0.15) is 17.7 Å². The Morgan fingerprint density at radius 2 is 2.29 bits per heavy atom. The van der Waals surface area contributed by atoms with Crippen molar-refractivity contribution in [1.82, 2.24) is 4.98 Å². The molecular weight excluding hydrogens is 258 g/mol. The molecule has 0 fully saturated rings. The number of methoxy groups -OCH3 is 1. The summed E-state index contributed by atoms with van der Waals surface area (Å²) in [4.78, 5) is 3.88. The minimum Gasteiger partial charge on any atom is -0.495 e. The first-order chi connectivity index (χ1) is 6.61. The topological polar surface area (TPSA) is 48.1 Å². The first kappa shape index (κ1) is 11.2. The quantitative estimate of drug-likeness (QED) is 0.856. The lowest BCUT2D eigenvalue weighted by Gasteiger charge is -2.12. The molecule has 0 amide bonds. The van der Waals surface area contributed by atoms with E-state index in [0.29, 0.717) is 11.0 Å². The van der Waals surface area contributed by atoms with Gasteiger partial charge >= 0.3 is 0 Å². The molecule has 1 rings (SSSR count). The standard InChI is InChI=1S/C8H9BrF2N2O/c1-14-5-3-13-4(2-9)7(12)6(5)8(10)11/h3,8H,2,12H2,1H3. The fraction of sp³-hybridized carbons (Fsp3) is 0.375. The van der Waals surface area contributed by atoms with Gasteiger partial charge < -0.3 is 10.5 Å². The van der Waals surface area contributed by atoms with E-state index in [-0.39, 0.29) is 17.0 Å². The number of pyridine rings is 1. The van der Waals surface area contributed by atoms with Crippen LogP contribution in [-0.4, -0.2) is 12.1 Å². The summed E-state index contributed by atoms with van der Waals surface area (Å²) < 4.78 is 29.9. The number of ether oxygens (including phenoxy) is 1. The summed E-state index contributed by atoms with van der Waals surface area (Å²) in [6.45, 7) is 0. The zero-order chi connectivity index (χ0) is 10.7. The number of alkyl halides is 3. The summed E-state index contributed by atoms with van der Waals surface area (Å²) in [6.07, 6.45) is -1.42. The molecule has 0 bridgehead atoms. The number of aromatic nitrogens is 1. The fourth-order valence-electron chi connectivity index (χ4n) is 1.06. The van der Waals surface area contributed by atoms with Gasteiger partial charge in [-0.2, -0.15) is 0 Å². The van der Waals surface area contributed by atoms with Crippen molar-refractivity contribution in [3.63, 3.8) is 0 Å². The van der Waals surface area contributed by atoms with Crippen LogP contribution in [0.25, 0.3) is 0 Å². The van der Waals surface area contributed by atoms with Gasteiger partial charge in [0, 0.05) is 5.33 Å². The van der Waals surface area contributed by atoms with Crippen molar-refractivity contribution in [3.8, 4) is 5.75 Å². The Morgan fingerprint density at radius 3 is 2.71 bits per heavy atom. The average molecular weight is 267 g/mol. The second-order valence-electron chi connectivity index (χ2n) is 2.53. The van der Waals surface area contributed by atoms with E-state index in [1.54, 1.807) is 0 Å². The highest BCUT2D eigenvalue weighted by Gasteiger charge is 2.20. The second kappa shape index (κ2) is 4.54. The van der Waals surface area contributed by atoms with E-state index in [1.807, 2.05) is 0 Å². The van der Waals surface area contributed by atoms with Crippen LogP contribution < -0.4 is 10.5 Å². The average Bonchev–Trinajstić information content (AvgIpc) is 2.16. The molecule has 2 N–H and O–H groups in total. The van der Waals surface area contributed by atoms with Crippen LogP contribution >= 0.6 is 15.9 Å². The van der Waals surface area contributed by atoms with Gasteiger partial charge in [0.25, 0.3) is 6.43 Å². The lowest BCUT2D eigenvalue weighted by Crippen LogP contribution is -2.04. The van der Waals surface area contributed by atoms with Crippen LogP contribution in [0.15, 0.2) is 6.20 Å². The van der Waals surface area contributed by atoms with Crippen LogP contribution in [-0.2, 0) is 5.33 Å². The van der Waals surface area contributed by atoms with Crippen molar-refractivity contribution in [1.29, 1.82) is 0 Å². The van der Waals surface area contributed by atoms with Crippen LogP contribution in [0.4, 0.5) is 14.5 Å². The Labute approximate surface area is 88.4 Å². The van der Waals surface area contributed by atoms with E-state index in [2.05, 4.69) is 20.9 Å². The van der Waals surface area contributed by atoms with E-state index in [9.17, 15) is 8.78 Å². The van der Waals surface area contributed by atoms with Crippen LogP contribution in [0.2, 0.25) is 0 Å². The van der Waals surface area contributed by atoms with Crippen LogP contribution in [0.5, 0.6) is 5.75 Å². The van der Waals surface area contributed by atoms with Gasteiger partial charge in [-0.05, 0) is 0 Å². The molecule has 0 spiro atoms. The Morgan fingerprint density at radius 1 is 1.64 bits per heavy atom. The lowest BCUT2D eigenvalue weighted by molar-refractivity contribution is 0.147. The monoisotopic (exact) mass is 266 g/mol. The summed E-state index contributed by atoms with van der Waals surface area (Å²) in [7, 11) is 1.30. The third-order valence-corrected chi connectivity index (χ3v) is 2.30. The molecule has 1 aromatic heterocycles. The zero-order valence-electron chi connectivity index (χ0n) is 7.43. The molecule has 0 radical (unpaired) electrons. The number of nitrogen functional groups attached to an aromatic ring is 1. The summed E-state index contributed by atoms with van der Waals surface area (Å²) in [6, 6.07) is 0. The molecule has 0 saturated carbocycles. The van der Waals surface area contributed by atoms with Crippen molar-refractivity contribution in [2.75, 3.05) is 12.8 Å². The molecule has 0 atom stereocenters. The van der Waals surface area contributed by atoms with Gasteiger partial charge in [0.2, 0.25) is 0 Å². The van der Waals surface area contributed by atoms with Gasteiger partial charge in [-0.3, -0.25) is 4.98 Å². The Hall–Kier alpha value is -0.910. The molecule has 6 heteroatoms. The lowest BCUT2D eigenvalue weighted by atomic mass is 10.2. The van der Waals surface area contributed by atoms with Gasteiger partial charge in [-0.15, -0.1) is 0 Å². The van der Waals surface area contributed by atoms with E-state index < -0.39 is 6.43 Å². The Kier molecular flexibility index (Phi) is 3.62. The van der Waals surface area contributed by atoms with Gasteiger partial charge in [0.15, 0.2) is 0 Å². The first-order valence-electron chi connectivity index (χ1n) is 3.77. The third-order valence-electron chi connectivity index (χ3n) is 1.77. The molecule has 0 saturated heterocycles. The van der Waals surface area contributed by atoms with Crippen LogP contribution in [0, 0.1) is 0 Å². The molecule has 0 aliphatic carbocycles. The molecule has 1 aromatic rings. The van der Waals surface area contributed by atoms with Gasteiger partial charge in [-0.25, -0.2) is 8.78 Å². The van der Waals surface area contributed by atoms with Crippen molar-refractivity contribution >= 4 is 21.6 Å². The summed E-state index contributed by atoms with van der Waals surface area (Å²) in [5.41, 5.74) is 5.60. The molecule has 0 aromatic carbocycles. The number of halogens is 3. The SMILES string of the molecule is COc1cnc(CBr)c(N)c1C(F)F. The molecule has 78 valence electrons. The molecule has 1 heterocycles. The van der Waals surface area contributed by atoms with E-state index in [4.69, 9.17) is 10.5 Å². The molecule has 14 heavy (non-hydrogen) atoms. The largest absolute Gasteiger partial charge is 0.495 e. The zero-order valence-corrected chi connectivity index (χ0v) is 9.01. The maximum absolute atomic E-state index is 12.6. The number of nitrogens with two attached hydrogens (primary N) is 1. The Balaban J connectivity index is 3.31. The molecular formula is C8H9BrF2N2O. The number of hydrogen-bond donors (Lipinski definition) is 1. The highest BCUT2D eigenvalue weighted by Crippen LogP contribution is 2.35. The minimum absolute atomic E-state index is 0.0159. The van der Waals surface area contributed by atoms with Crippen molar-refractivity contribution < 1.29 is 13.5 Å². The Bertz CT molecular complexity index is 333. The van der Waals surface area contributed by atoms with Crippen LogP contribution in [0.3, 0.4) is 0 Å². The highest BCUT2D eigenvalue weighted by atomic mass is 79.9. The third kappa shape index (κ3) is 1.95. The highest BCUT2D eigenvalue weighted by molar-refractivity contribution is 9.08. The second-order valence-corrected chi connectivity index (χ2v) is 3.10. The normalized spacial score (nSPS) is 10.6. The fourth-order valence-corrected chi connectivity index (χ4v) is 1.50. The molecule has 0 aliphatic rings. The maximum Gasteiger partial charge on any atom is 0.269 e. The number of anilines is 1. The maximum atomic E-state index is 12.6. The number of hydrogen-bond acceptors (Lipinski definition) is 3. The summed E-state index contributed by atoms with van der Waals surface area (Å²) in [5.74, 6) is 0.0159. The summed E-state index contributed by atoms with van der Waals surface area (Å²) >= 11 is 3.11. The predicted octanol–water partition coefficient (Wildman–Crippen LogP) is 2.50. The summed E-state index contributed by atoms with van der Waals surface area (Å²) in [5, 5.41) is 0.336. The van der Waals surface area contributed by atoms with Gasteiger partial charge in [-0.1, -0.05) is 15.9 Å². The van der Waals surface area contributed by atoms with E-state index >= 15 is 0 Å². The molecule has 0 aliphatic heterocycles. The minimum atomic E-state index is -2.66. The van der Waals surface area contributed by atoms with Gasteiger partial charge in [0.1, 0.15) is 5.75 Å². The van der Waals surface area contributed by atoms with Gasteiger partial charge in [0.05, 0.1) is 30.3 Å². The van der Waals surface area contributed by atoms with Crippen molar-refractivity contribution in [2.24, 2.45) is 0 Å². The number of nitrogens with zero attached hydrogens (tertiary/aromatic N) is 1. The smallest absolute Gasteiger partial charge is 0.269 e. The van der Waals surface area contributed by atoms with Crippen molar-refractivity contribution in [3.05, 3.63) is 17.5 Å². The van der Waals surface area contributed by atoms with Crippen molar-refractivity contribution in [2.45, 2.75) is 11.8 Å². The first-order valence-corrected chi connectivity index (χ1v) is 4.89. The number of rotatable bonds is 3. The van der Waals surface area contributed by atoms with E-state index in [0.717, 1.165) is 0 Å².